The smallest absolute Gasteiger partial charge is 0.231 e. The van der Waals surface area contributed by atoms with Crippen LogP contribution < -0.4 is 5.32 Å². The van der Waals surface area contributed by atoms with Gasteiger partial charge in [-0.05, 0) is 30.3 Å². The van der Waals surface area contributed by atoms with Gasteiger partial charge in [0.2, 0.25) is 11.8 Å². The van der Waals surface area contributed by atoms with Crippen LogP contribution in [-0.2, 0) is 20.9 Å². The second kappa shape index (κ2) is 6.45. The predicted molar refractivity (Wildman–Crippen MR) is 112 cm³/mol. The molecular weight excluding hydrogens is 400 g/mol. The lowest BCUT2D eigenvalue weighted by Crippen LogP contribution is -2.41. The van der Waals surface area contributed by atoms with Gasteiger partial charge in [-0.3, -0.25) is 14.6 Å². The Labute approximate surface area is 176 Å². The summed E-state index contributed by atoms with van der Waals surface area (Å²) in [5, 5.41) is 2.97. The van der Waals surface area contributed by atoms with Crippen LogP contribution in [0.5, 0.6) is 0 Å². The molecule has 150 valence electrons. The number of pyridine rings is 1. The first-order valence-corrected chi connectivity index (χ1v) is 10.7. The second-order valence-electron chi connectivity index (χ2n) is 7.94. The largest absolute Gasteiger partial charge is 0.360 e. The number of likely N-dealkylation sites (tertiary alicyclic amines) is 1. The molecule has 1 aromatic carbocycles. The SMILES string of the molecule is O=C(Nc1ccc2scnc2c1)[C@H]1[C@H]2C=C[C@]3(CN(Cc4ccccn4)C(=O)[C@@H]13)O2. The maximum Gasteiger partial charge on any atom is 0.231 e. The van der Waals surface area contributed by atoms with Crippen molar-refractivity contribution in [1.29, 1.82) is 0 Å². The third-order valence-corrected chi connectivity index (χ3v) is 6.97. The lowest BCUT2D eigenvalue weighted by Gasteiger charge is -2.23. The molecule has 6 rings (SSSR count). The van der Waals surface area contributed by atoms with Crippen LogP contribution in [0.4, 0.5) is 5.69 Å². The molecule has 2 saturated heterocycles. The number of aromatic nitrogens is 2. The molecule has 0 unspecified atom stereocenters. The third-order valence-electron chi connectivity index (χ3n) is 6.16. The zero-order valence-corrected chi connectivity index (χ0v) is 16.7. The van der Waals surface area contributed by atoms with Gasteiger partial charge in [0, 0.05) is 11.9 Å². The molecule has 2 amide bonds. The van der Waals surface area contributed by atoms with Crippen LogP contribution in [0.25, 0.3) is 10.2 Å². The number of rotatable bonds is 4. The molecular formula is C22H18N4O3S. The summed E-state index contributed by atoms with van der Waals surface area (Å²) < 4.78 is 7.25. The Morgan fingerprint density at radius 3 is 3.10 bits per heavy atom. The molecule has 1 N–H and O–H groups in total. The number of thiazole rings is 1. The molecule has 30 heavy (non-hydrogen) atoms. The van der Waals surface area contributed by atoms with E-state index in [1.165, 1.54) is 0 Å². The Kier molecular flexibility index (Phi) is 3.81. The van der Waals surface area contributed by atoms with Gasteiger partial charge in [0.25, 0.3) is 0 Å². The van der Waals surface area contributed by atoms with Gasteiger partial charge in [-0.1, -0.05) is 18.2 Å². The fraction of sp³-hybridized carbons (Fsp3) is 0.273. The monoisotopic (exact) mass is 418 g/mol. The first kappa shape index (κ1) is 17.7. The second-order valence-corrected chi connectivity index (χ2v) is 8.83. The molecule has 2 fully saturated rings. The first-order chi connectivity index (χ1) is 14.6. The van der Waals surface area contributed by atoms with Crippen LogP contribution in [-0.4, -0.2) is 44.9 Å². The summed E-state index contributed by atoms with van der Waals surface area (Å²) in [6.45, 7) is 0.850. The number of fused-ring (bicyclic) bond motifs is 2. The van der Waals surface area contributed by atoms with Crippen molar-refractivity contribution in [3.05, 3.63) is 66.0 Å². The first-order valence-electron chi connectivity index (χ1n) is 9.83. The highest BCUT2D eigenvalue weighted by Gasteiger charge is 2.66. The Balaban J connectivity index is 1.25. The Hall–Kier alpha value is -3.10. The minimum absolute atomic E-state index is 0.0531. The van der Waals surface area contributed by atoms with E-state index >= 15 is 0 Å². The molecule has 3 aromatic rings. The molecule has 2 aromatic heterocycles. The summed E-state index contributed by atoms with van der Waals surface area (Å²) in [6, 6.07) is 11.3. The normalized spacial score (nSPS) is 29.0. The van der Waals surface area contributed by atoms with Crippen molar-refractivity contribution in [1.82, 2.24) is 14.9 Å². The van der Waals surface area contributed by atoms with Gasteiger partial charge in [-0.15, -0.1) is 11.3 Å². The minimum atomic E-state index is -0.725. The summed E-state index contributed by atoms with van der Waals surface area (Å²) >= 11 is 1.55. The van der Waals surface area contributed by atoms with Crippen molar-refractivity contribution in [3.8, 4) is 0 Å². The minimum Gasteiger partial charge on any atom is -0.360 e. The van der Waals surface area contributed by atoms with E-state index in [4.69, 9.17) is 4.74 Å². The molecule has 3 aliphatic heterocycles. The number of benzene rings is 1. The van der Waals surface area contributed by atoms with Crippen molar-refractivity contribution in [2.45, 2.75) is 18.2 Å². The fourth-order valence-electron chi connectivity index (χ4n) is 4.86. The van der Waals surface area contributed by atoms with Crippen LogP contribution >= 0.6 is 11.3 Å². The van der Waals surface area contributed by atoms with Crippen LogP contribution in [0.3, 0.4) is 0 Å². The lowest BCUT2D eigenvalue weighted by molar-refractivity contribution is -0.136. The summed E-state index contributed by atoms with van der Waals surface area (Å²) in [5.74, 6) is -1.32. The van der Waals surface area contributed by atoms with Gasteiger partial charge >= 0.3 is 0 Å². The van der Waals surface area contributed by atoms with Gasteiger partial charge in [0.1, 0.15) is 5.60 Å². The predicted octanol–water partition coefficient (Wildman–Crippen LogP) is 2.61. The Morgan fingerprint density at radius 2 is 2.23 bits per heavy atom. The molecule has 1 spiro atoms. The zero-order chi connectivity index (χ0) is 20.3. The Morgan fingerprint density at radius 1 is 1.30 bits per heavy atom. The number of carbonyl (C=O) groups excluding carboxylic acids is 2. The van der Waals surface area contributed by atoms with Crippen LogP contribution in [0, 0.1) is 11.8 Å². The molecule has 2 bridgehead atoms. The highest BCUT2D eigenvalue weighted by Crippen LogP contribution is 2.52. The maximum atomic E-state index is 13.3. The number of anilines is 1. The summed E-state index contributed by atoms with van der Waals surface area (Å²) in [6.07, 6.45) is 5.22. The van der Waals surface area contributed by atoms with E-state index in [1.807, 2.05) is 48.6 Å². The van der Waals surface area contributed by atoms with Gasteiger partial charge in [-0.25, -0.2) is 4.98 Å². The molecule has 7 nitrogen and oxygen atoms in total. The van der Waals surface area contributed by atoms with Crippen LogP contribution in [0.15, 0.2) is 60.3 Å². The Bertz CT molecular complexity index is 1190. The molecule has 8 heteroatoms. The van der Waals surface area contributed by atoms with Crippen LogP contribution in [0.2, 0.25) is 0 Å². The average Bonchev–Trinajstić information content (AvgIpc) is 3.50. The van der Waals surface area contributed by atoms with E-state index in [0.717, 1.165) is 15.9 Å². The van der Waals surface area contributed by atoms with Crippen molar-refractivity contribution in [2.75, 3.05) is 11.9 Å². The number of hydrogen-bond acceptors (Lipinski definition) is 6. The zero-order valence-electron chi connectivity index (χ0n) is 15.9. The standard InChI is InChI=1S/C22H18N4O3S/c27-20(25-13-4-5-17-15(9-13)24-12-30-17)18-16-6-7-22(29-16)11-26(21(28)19(18)22)10-14-3-1-2-8-23-14/h1-9,12,16,18-19H,10-11H2,(H,25,27)/t16-,18+,19-,22-/m1/s1. The number of nitrogens with one attached hydrogen (secondary N) is 1. The summed E-state index contributed by atoms with van der Waals surface area (Å²) in [7, 11) is 0. The van der Waals surface area contributed by atoms with Crippen LogP contribution in [0.1, 0.15) is 5.69 Å². The van der Waals surface area contributed by atoms with Gasteiger partial charge in [0.15, 0.2) is 0 Å². The lowest BCUT2D eigenvalue weighted by atomic mass is 9.77. The number of ether oxygens (including phenoxy) is 1. The van der Waals surface area contributed by atoms with E-state index in [0.29, 0.717) is 18.8 Å². The summed E-state index contributed by atoms with van der Waals surface area (Å²) in [4.78, 5) is 36.9. The average molecular weight is 418 g/mol. The molecule has 4 atom stereocenters. The number of carbonyl (C=O) groups is 2. The number of hydrogen-bond donors (Lipinski definition) is 1. The van der Waals surface area contributed by atoms with E-state index in [9.17, 15) is 9.59 Å². The van der Waals surface area contributed by atoms with Gasteiger partial charge in [0.05, 0.1) is 52.5 Å². The maximum absolute atomic E-state index is 13.3. The highest BCUT2D eigenvalue weighted by molar-refractivity contribution is 7.16. The highest BCUT2D eigenvalue weighted by atomic mass is 32.1. The third kappa shape index (κ3) is 2.60. The summed E-state index contributed by atoms with van der Waals surface area (Å²) in [5.41, 5.74) is 3.39. The van der Waals surface area contributed by atoms with E-state index in [-0.39, 0.29) is 17.9 Å². The van der Waals surface area contributed by atoms with Gasteiger partial charge < -0.3 is 15.0 Å². The van der Waals surface area contributed by atoms with Crippen molar-refractivity contribution < 1.29 is 14.3 Å². The van der Waals surface area contributed by atoms with E-state index < -0.39 is 17.4 Å². The van der Waals surface area contributed by atoms with Gasteiger partial charge in [-0.2, -0.15) is 0 Å². The van der Waals surface area contributed by atoms with Crippen molar-refractivity contribution in [3.63, 3.8) is 0 Å². The molecule has 0 saturated carbocycles. The molecule has 5 heterocycles. The van der Waals surface area contributed by atoms with Crippen molar-refractivity contribution >= 4 is 39.1 Å². The number of amides is 2. The quantitative estimate of drug-likeness (QED) is 0.659. The van der Waals surface area contributed by atoms with Crippen molar-refractivity contribution in [2.24, 2.45) is 11.8 Å². The number of nitrogens with zero attached hydrogens (tertiary/aromatic N) is 3. The van der Waals surface area contributed by atoms with E-state index in [2.05, 4.69) is 15.3 Å². The fourth-order valence-corrected chi connectivity index (χ4v) is 5.52. The molecule has 0 radical (unpaired) electrons. The molecule has 0 aliphatic carbocycles. The molecule has 3 aliphatic rings. The topological polar surface area (TPSA) is 84.4 Å². The van der Waals surface area contributed by atoms with E-state index in [1.54, 1.807) is 27.9 Å².